The fourth-order valence-corrected chi connectivity index (χ4v) is 4.44. The fourth-order valence-electron chi connectivity index (χ4n) is 2.29. The van der Waals surface area contributed by atoms with Gasteiger partial charge in [0, 0.05) is 18.8 Å². The van der Waals surface area contributed by atoms with Gasteiger partial charge < -0.3 is 4.90 Å². The van der Waals surface area contributed by atoms with Crippen LogP contribution in [-0.4, -0.2) is 48.3 Å². The van der Waals surface area contributed by atoms with Crippen molar-refractivity contribution in [3.05, 3.63) is 28.5 Å². The van der Waals surface area contributed by atoms with E-state index in [1.807, 2.05) is 6.92 Å². The minimum atomic E-state index is -3.00. The average molecular weight is 347 g/mol. The quantitative estimate of drug-likeness (QED) is 0.777. The Balaban J connectivity index is 2.24. The normalized spacial score (nSPS) is 21.3. The molecule has 2 heterocycles. The summed E-state index contributed by atoms with van der Waals surface area (Å²) in [5, 5.41) is 0. The number of hydrogen-bond acceptors (Lipinski definition) is 4. The highest BCUT2D eigenvalue weighted by Crippen LogP contribution is 2.22. The van der Waals surface area contributed by atoms with Gasteiger partial charge in [-0.25, -0.2) is 13.4 Å². The summed E-state index contributed by atoms with van der Waals surface area (Å²) < 4.78 is 23.5. The number of carbonyl (C=O) groups excluding carboxylic acids is 1. The number of carbonyl (C=O) groups is 1. The smallest absolute Gasteiger partial charge is 0.256 e. The number of nitrogens with zero attached hydrogens (tertiary/aromatic N) is 2. The molecule has 1 saturated heterocycles. The SMILES string of the molecule is CCN(C(=O)c1cccnc1Br)C1CCS(=O)(=O)C1. The van der Waals surface area contributed by atoms with Crippen molar-refractivity contribution in [3.63, 3.8) is 0 Å². The number of pyridine rings is 1. The van der Waals surface area contributed by atoms with Crippen LogP contribution in [0.5, 0.6) is 0 Å². The lowest BCUT2D eigenvalue weighted by atomic mass is 10.1. The van der Waals surface area contributed by atoms with E-state index in [1.54, 1.807) is 23.2 Å². The van der Waals surface area contributed by atoms with Crippen molar-refractivity contribution in [3.8, 4) is 0 Å². The molecule has 1 amide bonds. The number of rotatable bonds is 3. The van der Waals surface area contributed by atoms with E-state index in [-0.39, 0.29) is 23.5 Å². The van der Waals surface area contributed by atoms with E-state index < -0.39 is 9.84 Å². The summed E-state index contributed by atoms with van der Waals surface area (Å²) in [7, 11) is -3.00. The van der Waals surface area contributed by atoms with Crippen LogP contribution in [0, 0.1) is 0 Å². The maximum absolute atomic E-state index is 12.5. The predicted octanol–water partition coefficient (Wildman–Crippen LogP) is 1.49. The molecule has 0 aliphatic carbocycles. The lowest BCUT2D eigenvalue weighted by Gasteiger charge is -2.27. The highest BCUT2D eigenvalue weighted by Gasteiger charge is 2.34. The topological polar surface area (TPSA) is 67.3 Å². The molecule has 1 aliphatic rings. The van der Waals surface area contributed by atoms with E-state index in [4.69, 9.17) is 0 Å². The highest BCUT2D eigenvalue weighted by atomic mass is 79.9. The Morgan fingerprint density at radius 2 is 2.32 bits per heavy atom. The maximum Gasteiger partial charge on any atom is 0.256 e. The Labute approximate surface area is 121 Å². The summed E-state index contributed by atoms with van der Waals surface area (Å²) in [6.07, 6.45) is 2.11. The van der Waals surface area contributed by atoms with Gasteiger partial charge in [0.15, 0.2) is 9.84 Å². The largest absolute Gasteiger partial charge is 0.335 e. The van der Waals surface area contributed by atoms with Crippen LogP contribution in [0.4, 0.5) is 0 Å². The van der Waals surface area contributed by atoms with E-state index in [2.05, 4.69) is 20.9 Å². The van der Waals surface area contributed by atoms with Gasteiger partial charge in [-0.05, 0) is 41.4 Å². The lowest BCUT2D eigenvalue weighted by Crippen LogP contribution is -2.41. The molecule has 1 atom stereocenters. The zero-order valence-corrected chi connectivity index (χ0v) is 12.9. The molecule has 0 N–H and O–H groups in total. The molecule has 0 radical (unpaired) electrons. The monoisotopic (exact) mass is 346 g/mol. The van der Waals surface area contributed by atoms with E-state index in [1.165, 1.54) is 0 Å². The van der Waals surface area contributed by atoms with Crippen LogP contribution in [0.1, 0.15) is 23.7 Å². The second kappa shape index (κ2) is 5.58. The van der Waals surface area contributed by atoms with Crippen molar-refractivity contribution in [1.82, 2.24) is 9.88 Å². The van der Waals surface area contributed by atoms with Gasteiger partial charge in [-0.2, -0.15) is 0 Å². The zero-order chi connectivity index (χ0) is 14.0. The molecular weight excluding hydrogens is 332 g/mol. The molecule has 1 unspecified atom stereocenters. The standard InChI is InChI=1S/C12H15BrN2O3S/c1-2-15(9-5-7-19(17,18)8-9)12(16)10-4-3-6-14-11(10)13/h3-4,6,9H,2,5,7-8H2,1H3. The molecule has 0 saturated carbocycles. The van der Waals surface area contributed by atoms with Crippen LogP contribution < -0.4 is 0 Å². The van der Waals surface area contributed by atoms with Crippen LogP contribution >= 0.6 is 15.9 Å². The van der Waals surface area contributed by atoms with Crippen molar-refractivity contribution in [2.24, 2.45) is 0 Å². The Morgan fingerprint density at radius 1 is 1.58 bits per heavy atom. The molecule has 2 rings (SSSR count). The number of aromatic nitrogens is 1. The molecule has 1 aromatic heterocycles. The second-order valence-corrected chi connectivity index (χ2v) is 7.47. The van der Waals surface area contributed by atoms with Gasteiger partial charge in [0.05, 0.1) is 17.1 Å². The number of sulfone groups is 1. The van der Waals surface area contributed by atoms with E-state index >= 15 is 0 Å². The molecule has 1 aromatic rings. The fraction of sp³-hybridized carbons (Fsp3) is 0.500. The molecule has 5 nitrogen and oxygen atoms in total. The average Bonchev–Trinajstić information content (AvgIpc) is 2.71. The first-order valence-electron chi connectivity index (χ1n) is 6.06. The van der Waals surface area contributed by atoms with E-state index in [0.29, 0.717) is 23.1 Å². The third-order valence-corrected chi connectivity index (χ3v) is 5.62. The number of halogens is 1. The molecular formula is C12H15BrN2O3S. The van der Waals surface area contributed by atoms with E-state index in [9.17, 15) is 13.2 Å². The summed E-state index contributed by atoms with van der Waals surface area (Å²) >= 11 is 3.25. The van der Waals surface area contributed by atoms with Crippen molar-refractivity contribution in [2.45, 2.75) is 19.4 Å². The van der Waals surface area contributed by atoms with Crippen LogP contribution in [0.3, 0.4) is 0 Å². The third-order valence-electron chi connectivity index (χ3n) is 3.24. The molecule has 1 fully saturated rings. The second-order valence-electron chi connectivity index (χ2n) is 4.49. The first-order chi connectivity index (χ1) is 8.94. The van der Waals surface area contributed by atoms with Gasteiger partial charge in [-0.1, -0.05) is 0 Å². The van der Waals surface area contributed by atoms with Crippen LogP contribution in [0.25, 0.3) is 0 Å². The van der Waals surface area contributed by atoms with Crippen LogP contribution in [0.2, 0.25) is 0 Å². The summed E-state index contributed by atoms with van der Waals surface area (Å²) in [6.45, 7) is 2.34. The summed E-state index contributed by atoms with van der Waals surface area (Å²) in [6, 6.07) is 3.15. The Kier molecular flexibility index (Phi) is 4.25. The maximum atomic E-state index is 12.5. The number of amides is 1. The molecule has 19 heavy (non-hydrogen) atoms. The van der Waals surface area contributed by atoms with Gasteiger partial charge in [0.1, 0.15) is 4.60 Å². The van der Waals surface area contributed by atoms with Gasteiger partial charge in [-0.15, -0.1) is 0 Å². The van der Waals surface area contributed by atoms with Gasteiger partial charge in [0.25, 0.3) is 5.91 Å². The lowest BCUT2D eigenvalue weighted by molar-refractivity contribution is 0.0707. The molecule has 104 valence electrons. The first kappa shape index (κ1) is 14.5. The molecule has 0 aromatic carbocycles. The van der Waals surface area contributed by atoms with Crippen molar-refractivity contribution < 1.29 is 13.2 Å². The van der Waals surface area contributed by atoms with Crippen molar-refractivity contribution >= 4 is 31.7 Å². The summed E-state index contributed by atoms with van der Waals surface area (Å²) in [5.41, 5.74) is 0.466. The first-order valence-corrected chi connectivity index (χ1v) is 8.68. The molecule has 1 aliphatic heterocycles. The Bertz CT molecular complexity index is 588. The minimum Gasteiger partial charge on any atom is -0.335 e. The van der Waals surface area contributed by atoms with E-state index in [0.717, 1.165) is 0 Å². The van der Waals surface area contributed by atoms with Gasteiger partial charge >= 0.3 is 0 Å². The zero-order valence-electron chi connectivity index (χ0n) is 10.5. The minimum absolute atomic E-state index is 0.0600. The van der Waals surface area contributed by atoms with Crippen LogP contribution in [0.15, 0.2) is 22.9 Å². The number of hydrogen-bond donors (Lipinski definition) is 0. The molecule has 0 spiro atoms. The van der Waals surface area contributed by atoms with Crippen molar-refractivity contribution in [2.75, 3.05) is 18.1 Å². The van der Waals surface area contributed by atoms with Crippen molar-refractivity contribution in [1.29, 1.82) is 0 Å². The Morgan fingerprint density at radius 3 is 2.84 bits per heavy atom. The third kappa shape index (κ3) is 3.14. The van der Waals surface area contributed by atoms with Gasteiger partial charge in [-0.3, -0.25) is 4.79 Å². The van der Waals surface area contributed by atoms with Gasteiger partial charge in [0.2, 0.25) is 0 Å². The summed E-state index contributed by atoms with van der Waals surface area (Å²) in [5.74, 6) is 0.0460. The Hall–Kier alpha value is -0.950. The van der Waals surface area contributed by atoms with Crippen LogP contribution in [-0.2, 0) is 9.84 Å². The molecule has 7 heteroatoms. The predicted molar refractivity (Wildman–Crippen MR) is 75.7 cm³/mol. The summed E-state index contributed by atoms with van der Waals surface area (Å²) in [4.78, 5) is 18.1. The highest BCUT2D eigenvalue weighted by molar-refractivity contribution is 9.10. The molecule has 0 bridgehead atoms.